The van der Waals surface area contributed by atoms with Gasteiger partial charge in [0.2, 0.25) is 11.8 Å². The van der Waals surface area contributed by atoms with Gasteiger partial charge in [-0.2, -0.15) is 0 Å². The molecule has 0 aliphatic carbocycles. The summed E-state index contributed by atoms with van der Waals surface area (Å²) >= 11 is 0. The van der Waals surface area contributed by atoms with Crippen molar-refractivity contribution in [2.24, 2.45) is 0 Å². The summed E-state index contributed by atoms with van der Waals surface area (Å²) in [5.41, 5.74) is 1.85. The van der Waals surface area contributed by atoms with E-state index < -0.39 is 0 Å². The van der Waals surface area contributed by atoms with Gasteiger partial charge in [0.1, 0.15) is 11.6 Å². The first-order valence-electron chi connectivity index (χ1n) is 8.81. The second kappa shape index (κ2) is 8.94. The fourth-order valence-electron chi connectivity index (χ4n) is 2.74. The molecule has 0 aliphatic heterocycles. The molecule has 4 nitrogen and oxygen atoms in total. The molecule has 0 radical (unpaired) electrons. The van der Waals surface area contributed by atoms with Crippen molar-refractivity contribution < 1.29 is 13.9 Å². The van der Waals surface area contributed by atoms with E-state index >= 15 is 0 Å². The van der Waals surface area contributed by atoms with Crippen molar-refractivity contribution in [3.63, 3.8) is 0 Å². The Balaban J connectivity index is 1.60. The van der Waals surface area contributed by atoms with Crippen LogP contribution in [0.5, 0.6) is 11.6 Å². The third kappa shape index (κ3) is 5.38. The second-order valence-corrected chi connectivity index (χ2v) is 6.32. The Morgan fingerprint density at radius 3 is 2.70 bits per heavy atom. The first-order valence-corrected chi connectivity index (χ1v) is 8.81. The van der Waals surface area contributed by atoms with Crippen molar-refractivity contribution in [3.05, 3.63) is 89.9 Å². The summed E-state index contributed by atoms with van der Waals surface area (Å²) < 4.78 is 19.0. The van der Waals surface area contributed by atoms with Crippen molar-refractivity contribution in [2.75, 3.05) is 0 Å². The van der Waals surface area contributed by atoms with Gasteiger partial charge >= 0.3 is 0 Å². The summed E-state index contributed by atoms with van der Waals surface area (Å²) in [7, 11) is 0. The number of pyridine rings is 1. The fraction of sp³-hybridized carbons (Fsp3) is 0.182. The lowest BCUT2D eigenvalue weighted by atomic mass is 9.97. The smallest absolute Gasteiger partial charge is 0.224 e. The average molecular weight is 364 g/mol. The van der Waals surface area contributed by atoms with Crippen molar-refractivity contribution in [3.8, 4) is 11.6 Å². The minimum Gasteiger partial charge on any atom is -0.439 e. The normalized spacial score (nSPS) is 11.6. The molecule has 0 bridgehead atoms. The Morgan fingerprint density at radius 2 is 1.93 bits per heavy atom. The zero-order valence-corrected chi connectivity index (χ0v) is 15.1. The Hall–Kier alpha value is -3.21. The predicted octanol–water partition coefficient (Wildman–Crippen LogP) is 4.82. The van der Waals surface area contributed by atoms with E-state index in [0.29, 0.717) is 24.6 Å². The van der Waals surface area contributed by atoms with E-state index in [0.717, 1.165) is 11.1 Å². The molecule has 1 amide bonds. The molecule has 5 heteroatoms. The van der Waals surface area contributed by atoms with Crippen LogP contribution in [0.15, 0.2) is 72.9 Å². The molecule has 27 heavy (non-hydrogen) atoms. The quantitative estimate of drug-likeness (QED) is 0.654. The van der Waals surface area contributed by atoms with Gasteiger partial charge < -0.3 is 10.1 Å². The van der Waals surface area contributed by atoms with Crippen LogP contribution in [0.1, 0.15) is 30.4 Å². The minimum atomic E-state index is -0.381. The highest BCUT2D eigenvalue weighted by atomic mass is 19.1. The van der Waals surface area contributed by atoms with E-state index in [1.807, 2.05) is 43.3 Å². The van der Waals surface area contributed by atoms with Crippen LogP contribution in [0.2, 0.25) is 0 Å². The molecule has 3 rings (SSSR count). The molecule has 0 aliphatic rings. The number of benzene rings is 2. The number of nitrogens with one attached hydrogen (secondary N) is 1. The minimum absolute atomic E-state index is 0.0492. The lowest BCUT2D eigenvalue weighted by Crippen LogP contribution is -2.24. The highest BCUT2D eigenvalue weighted by Crippen LogP contribution is 2.23. The predicted molar refractivity (Wildman–Crippen MR) is 102 cm³/mol. The SMILES string of the molecule is CC(CC(=O)NCc1cccnc1Oc1cccc(F)c1)c1ccccc1. The van der Waals surface area contributed by atoms with Gasteiger partial charge in [-0.1, -0.05) is 49.4 Å². The van der Waals surface area contributed by atoms with Gasteiger partial charge in [0.25, 0.3) is 0 Å². The van der Waals surface area contributed by atoms with Crippen LogP contribution in [0.25, 0.3) is 0 Å². The molecule has 1 N–H and O–H groups in total. The summed E-state index contributed by atoms with van der Waals surface area (Å²) in [4.78, 5) is 16.5. The van der Waals surface area contributed by atoms with E-state index in [1.165, 1.54) is 12.1 Å². The second-order valence-electron chi connectivity index (χ2n) is 6.32. The van der Waals surface area contributed by atoms with Crippen LogP contribution in [0, 0.1) is 5.82 Å². The molecular weight excluding hydrogens is 343 g/mol. The molecule has 3 aromatic rings. The maximum Gasteiger partial charge on any atom is 0.224 e. The number of halogens is 1. The standard InChI is InChI=1S/C22H21FN2O2/c1-16(17-7-3-2-4-8-17)13-21(26)25-15-18-9-6-12-24-22(18)27-20-11-5-10-19(23)14-20/h2-12,14,16H,13,15H2,1H3,(H,25,26). The molecule has 1 aromatic heterocycles. The van der Waals surface area contributed by atoms with E-state index in [9.17, 15) is 9.18 Å². The van der Waals surface area contributed by atoms with Gasteiger partial charge in [-0.05, 0) is 29.7 Å². The molecule has 2 aromatic carbocycles. The zero-order valence-electron chi connectivity index (χ0n) is 15.1. The first-order chi connectivity index (χ1) is 13.1. The Kier molecular flexibility index (Phi) is 6.15. The summed E-state index contributed by atoms with van der Waals surface area (Å²) in [5, 5.41) is 2.90. The van der Waals surface area contributed by atoms with Crippen LogP contribution in [-0.4, -0.2) is 10.9 Å². The van der Waals surface area contributed by atoms with Gasteiger partial charge in [-0.25, -0.2) is 9.37 Å². The largest absolute Gasteiger partial charge is 0.439 e. The fourth-order valence-corrected chi connectivity index (χ4v) is 2.74. The third-order valence-corrected chi connectivity index (χ3v) is 4.20. The monoisotopic (exact) mass is 364 g/mol. The summed E-state index contributed by atoms with van der Waals surface area (Å²) in [5.74, 6) is 0.404. The van der Waals surface area contributed by atoms with E-state index in [-0.39, 0.29) is 17.6 Å². The number of hydrogen-bond acceptors (Lipinski definition) is 3. The first kappa shape index (κ1) is 18.6. The molecule has 0 saturated heterocycles. The topological polar surface area (TPSA) is 51.2 Å². The number of aromatic nitrogens is 1. The Morgan fingerprint density at radius 1 is 1.11 bits per heavy atom. The number of rotatable bonds is 7. The zero-order chi connectivity index (χ0) is 19.1. The molecule has 1 heterocycles. The average Bonchev–Trinajstić information content (AvgIpc) is 2.68. The number of hydrogen-bond donors (Lipinski definition) is 1. The Labute approximate surface area is 158 Å². The van der Waals surface area contributed by atoms with Crippen LogP contribution in [0.4, 0.5) is 4.39 Å². The molecule has 0 spiro atoms. The lowest BCUT2D eigenvalue weighted by Gasteiger charge is -2.13. The van der Waals surface area contributed by atoms with Crippen molar-refractivity contribution in [1.82, 2.24) is 10.3 Å². The molecule has 0 fully saturated rings. The van der Waals surface area contributed by atoms with Gasteiger partial charge in [-0.15, -0.1) is 0 Å². The maximum atomic E-state index is 13.3. The van der Waals surface area contributed by atoms with E-state index in [1.54, 1.807) is 24.4 Å². The van der Waals surface area contributed by atoms with Gasteiger partial charge in [0.15, 0.2) is 0 Å². The van der Waals surface area contributed by atoms with Crippen molar-refractivity contribution in [1.29, 1.82) is 0 Å². The van der Waals surface area contributed by atoms with E-state index in [4.69, 9.17) is 4.74 Å². The number of carbonyl (C=O) groups is 1. The maximum absolute atomic E-state index is 13.3. The number of nitrogens with zero attached hydrogens (tertiary/aromatic N) is 1. The van der Waals surface area contributed by atoms with Gasteiger partial charge in [-0.3, -0.25) is 4.79 Å². The summed E-state index contributed by atoms with van der Waals surface area (Å²) in [6.07, 6.45) is 1.99. The number of carbonyl (C=O) groups excluding carboxylic acids is 1. The van der Waals surface area contributed by atoms with Crippen LogP contribution in [0.3, 0.4) is 0 Å². The Bertz CT molecular complexity index is 900. The van der Waals surface area contributed by atoms with Crippen LogP contribution >= 0.6 is 0 Å². The van der Waals surface area contributed by atoms with Gasteiger partial charge in [0.05, 0.1) is 0 Å². The lowest BCUT2D eigenvalue weighted by molar-refractivity contribution is -0.121. The van der Waals surface area contributed by atoms with Gasteiger partial charge in [0, 0.05) is 30.8 Å². The number of amides is 1. The molecule has 1 unspecified atom stereocenters. The molecule has 0 saturated carbocycles. The summed E-state index contributed by atoms with van der Waals surface area (Å²) in [6, 6.07) is 19.4. The van der Waals surface area contributed by atoms with Crippen LogP contribution in [-0.2, 0) is 11.3 Å². The highest BCUT2D eigenvalue weighted by Gasteiger charge is 2.12. The highest BCUT2D eigenvalue weighted by molar-refractivity contribution is 5.76. The number of ether oxygens (including phenoxy) is 1. The molecular formula is C22H21FN2O2. The van der Waals surface area contributed by atoms with Crippen LogP contribution < -0.4 is 10.1 Å². The summed E-state index contributed by atoms with van der Waals surface area (Å²) in [6.45, 7) is 2.32. The van der Waals surface area contributed by atoms with E-state index in [2.05, 4.69) is 10.3 Å². The third-order valence-electron chi connectivity index (χ3n) is 4.20. The molecule has 1 atom stereocenters. The van der Waals surface area contributed by atoms with Crippen molar-refractivity contribution in [2.45, 2.75) is 25.8 Å². The van der Waals surface area contributed by atoms with Crippen molar-refractivity contribution >= 4 is 5.91 Å². The molecule has 138 valence electrons.